The molecule has 14 heavy (non-hydrogen) atoms. The Kier molecular flexibility index (Phi) is 7.40. The molecular formula is C6H11O5PS2. The fourth-order valence-corrected chi connectivity index (χ4v) is 3.71. The smallest absolute Gasteiger partial charge is 0.394 e. The second-order valence-electron chi connectivity index (χ2n) is 2.11. The van der Waals surface area contributed by atoms with E-state index in [1.807, 2.05) is 0 Å². The lowest BCUT2D eigenvalue weighted by atomic mass is 10.5. The molecule has 0 aromatic carbocycles. The van der Waals surface area contributed by atoms with Gasteiger partial charge in [0.15, 0.2) is 0 Å². The summed E-state index contributed by atoms with van der Waals surface area (Å²) in [7, 11) is 1.40. The van der Waals surface area contributed by atoms with E-state index in [2.05, 4.69) is 11.3 Å². The summed E-state index contributed by atoms with van der Waals surface area (Å²) < 4.78 is 15.0. The van der Waals surface area contributed by atoms with Gasteiger partial charge in [-0.1, -0.05) is 23.4 Å². The predicted molar refractivity (Wildman–Crippen MR) is 57.9 cm³/mol. The van der Waals surface area contributed by atoms with Crippen molar-refractivity contribution in [3.63, 3.8) is 0 Å². The Morgan fingerprint density at radius 1 is 1.57 bits per heavy atom. The van der Waals surface area contributed by atoms with Crippen LogP contribution in [-0.4, -0.2) is 28.1 Å². The van der Waals surface area contributed by atoms with Gasteiger partial charge in [0.05, 0.1) is 6.42 Å². The molecule has 0 unspecified atom stereocenters. The highest BCUT2D eigenvalue weighted by molar-refractivity contribution is 8.98. The van der Waals surface area contributed by atoms with Crippen LogP contribution >= 0.6 is 28.0 Å². The summed E-state index contributed by atoms with van der Waals surface area (Å²) in [6, 6.07) is 0. The molecule has 5 nitrogen and oxygen atoms in total. The maximum absolute atomic E-state index is 10.8. The van der Waals surface area contributed by atoms with E-state index in [0.717, 1.165) is 10.8 Å². The van der Waals surface area contributed by atoms with E-state index < -0.39 is 12.8 Å². The van der Waals surface area contributed by atoms with Gasteiger partial charge in [-0.2, -0.15) is 0 Å². The highest BCUT2D eigenvalue weighted by Gasteiger charge is 2.14. The van der Waals surface area contributed by atoms with Crippen LogP contribution in [0.3, 0.4) is 0 Å². The van der Waals surface area contributed by atoms with Crippen molar-refractivity contribution in [2.24, 2.45) is 0 Å². The van der Waals surface area contributed by atoms with Crippen LogP contribution in [0, 0.1) is 0 Å². The van der Waals surface area contributed by atoms with Gasteiger partial charge < -0.3 is 14.5 Å². The minimum Gasteiger partial charge on any atom is -0.461 e. The maximum Gasteiger partial charge on any atom is 0.394 e. The van der Waals surface area contributed by atoms with Crippen LogP contribution in [0.15, 0.2) is 12.7 Å². The number of carbonyl (C=O) groups is 1. The Morgan fingerprint density at radius 3 is 2.71 bits per heavy atom. The first-order valence-electron chi connectivity index (χ1n) is 3.59. The molecule has 82 valence electrons. The van der Waals surface area contributed by atoms with Crippen molar-refractivity contribution >= 4 is 34.0 Å². The average molecular weight is 258 g/mol. The summed E-state index contributed by atoms with van der Waals surface area (Å²) in [6.07, 6.45) is 1.58. The van der Waals surface area contributed by atoms with Gasteiger partial charge >= 0.3 is 12.8 Å². The van der Waals surface area contributed by atoms with Crippen LogP contribution < -0.4 is 0 Å². The monoisotopic (exact) mass is 258 g/mol. The molecule has 0 aliphatic rings. The average Bonchev–Trinajstić information content (AvgIpc) is 2.07. The lowest BCUT2D eigenvalue weighted by Gasteiger charge is -2.02. The normalized spacial score (nSPS) is 11.0. The van der Waals surface area contributed by atoms with Crippen LogP contribution in [-0.2, 0) is 14.1 Å². The Hall–Kier alpha value is 0.0600. The van der Waals surface area contributed by atoms with Crippen LogP contribution in [0.4, 0.5) is 0 Å². The number of ether oxygens (including phenoxy) is 1. The standard InChI is InChI=1S/C6H11O5PS2/c1-2-4-11-6(7)3-5-13-14-12(8,9)10/h2H,1,3-5H2,(H2,8,9,10). The molecule has 0 aromatic rings. The molecule has 0 atom stereocenters. The lowest BCUT2D eigenvalue weighted by Crippen LogP contribution is -2.04. The molecule has 0 spiro atoms. The SMILES string of the molecule is C=CCOC(=O)CCSSP(=O)(O)O. The third kappa shape index (κ3) is 10.1. The van der Waals surface area contributed by atoms with Crippen molar-refractivity contribution in [1.29, 1.82) is 0 Å². The van der Waals surface area contributed by atoms with E-state index in [-0.39, 0.29) is 13.0 Å². The van der Waals surface area contributed by atoms with E-state index in [1.54, 1.807) is 0 Å². The molecule has 0 amide bonds. The van der Waals surface area contributed by atoms with E-state index in [1.165, 1.54) is 6.08 Å². The first kappa shape index (κ1) is 14.1. The van der Waals surface area contributed by atoms with Crippen molar-refractivity contribution in [2.45, 2.75) is 6.42 Å². The summed E-state index contributed by atoms with van der Waals surface area (Å²) in [4.78, 5) is 27.7. The molecule has 8 heteroatoms. The van der Waals surface area contributed by atoms with Crippen LogP contribution in [0.25, 0.3) is 0 Å². The third-order valence-electron chi connectivity index (χ3n) is 0.901. The summed E-state index contributed by atoms with van der Waals surface area (Å²) in [5.41, 5.74) is 0. The van der Waals surface area contributed by atoms with Crippen molar-refractivity contribution in [3.05, 3.63) is 12.7 Å². The zero-order valence-corrected chi connectivity index (χ0v) is 9.82. The van der Waals surface area contributed by atoms with Gasteiger partial charge in [-0.15, -0.1) is 0 Å². The fourth-order valence-electron chi connectivity index (χ4n) is 0.455. The number of rotatable bonds is 7. The largest absolute Gasteiger partial charge is 0.461 e. The number of carbonyl (C=O) groups excluding carboxylic acids is 1. The first-order chi connectivity index (χ1) is 6.45. The molecule has 0 fully saturated rings. The van der Waals surface area contributed by atoms with Gasteiger partial charge in [-0.25, -0.2) is 4.57 Å². The Labute approximate surface area is 89.6 Å². The van der Waals surface area contributed by atoms with Gasteiger partial charge in [-0.3, -0.25) is 4.79 Å². The minimum absolute atomic E-state index is 0.130. The first-order valence-corrected chi connectivity index (χ1v) is 8.12. The van der Waals surface area contributed by atoms with Gasteiger partial charge in [0.2, 0.25) is 0 Å². The highest BCUT2D eigenvalue weighted by atomic mass is 33.3. The van der Waals surface area contributed by atoms with Gasteiger partial charge in [0, 0.05) is 16.2 Å². The van der Waals surface area contributed by atoms with Crippen molar-refractivity contribution in [2.75, 3.05) is 12.4 Å². The van der Waals surface area contributed by atoms with Crippen LogP contribution in [0.1, 0.15) is 6.42 Å². The second-order valence-corrected chi connectivity index (χ2v) is 7.81. The van der Waals surface area contributed by atoms with Gasteiger partial charge in [0.1, 0.15) is 6.61 Å². The number of hydrogen-bond acceptors (Lipinski definition) is 5. The van der Waals surface area contributed by atoms with E-state index in [0.29, 0.717) is 16.2 Å². The fraction of sp³-hybridized carbons (Fsp3) is 0.500. The summed E-state index contributed by atoms with van der Waals surface area (Å²) in [6.45, 7) is -0.502. The maximum atomic E-state index is 10.8. The molecule has 0 saturated carbocycles. The van der Waals surface area contributed by atoms with E-state index >= 15 is 0 Å². The van der Waals surface area contributed by atoms with E-state index in [4.69, 9.17) is 9.79 Å². The quantitative estimate of drug-likeness (QED) is 0.236. The minimum atomic E-state index is -4.04. The summed E-state index contributed by atoms with van der Waals surface area (Å²) in [5.74, 6) is -0.0881. The van der Waals surface area contributed by atoms with Crippen molar-refractivity contribution in [3.8, 4) is 0 Å². The number of hydrogen-bond donors (Lipinski definition) is 2. The van der Waals surface area contributed by atoms with Crippen LogP contribution in [0.5, 0.6) is 0 Å². The Balaban J connectivity index is 3.40. The zero-order chi connectivity index (χ0) is 11.0. The van der Waals surface area contributed by atoms with E-state index in [9.17, 15) is 9.36 Å². The molecule has 0 radical (unpaired) electrons. The second kappa shape index (κ2) is 7.36. The van der Waals surface area contributed by atoms with Crippen molar-refractivity contribution < 1.29 is 23.9 Å². The predicted octanol–water partition coefficient (Wildman–Crippen LogP) is 1.58. The third-order valence-corrected chi connectivity index (χ3v) is 5.67. The Bertz CT molecular complexity index is 238. The Morgan fingerprint density at radius 2 is 2.21 bits per heavy atom. The molecule has 0 heterocycles. The summed E-state index contributed by atoms with van der Waals surface area (Å²) in [5, 5.41) is 0. The molecule has 0 aliphatic heterocycles. The molecular weight excluding hydrogens is 247 g/mol. The van der Waals surface area contributed by atoms with Gasteiger partial charge in [-0.05, 0) is 0 Å². The molecule has 2 N–H and O–H groups in total. The van der Waals surface area contributed by atoms with Crippen molar-refractivity contribution in [1.82, 2.24) is 0 Å². The number of esters is 1. The topological polar surface area (TPSA) is 83.8 Å². The highest BCUT2D eigenvalue weighted by Crippen LogP contribution is 2.56. The summed E-state index contributed by atoms with van der Waals surface area (Å²) >= 11 is 0. The van der Waals surface area contributed by atoms with Gasteiger partial charge in [0.25, 0.3) is 0 Å². The molecule has 0 aromatic heterocycles. The zero-order valence-electron chi connectivity index (χ0n) is 7.29. The van der Waals surface area contributed by atoms with Crippen LogP contribution in [0.2, 0.25) is 0 Å². The lowest BCUT2D eigenvalue weighted by molar-refractivity contribution is -0.141. The molecule has 0 bridgehead atoms. The molecule has 0 rings (SSSR count). The molecule has 0 saturated heterocycles. The molecule has 0 aliphatic carbocycles.